The summed E-state index contributed by atoms with van der Waals surface area (Å²) < 4.78 is 0.717. The van der Waals surface area contributed by atoms with Crippen LogP contribution in [-0.4, -0.2) is 42.2 Å². The minimum absolute atomic E-state index is 0.00499. The van der Waals surface area contributed by atoms with Crippen molar-refractivity contribution in [3.63, 3.8) is 0 Å². The van der Waals surface area contributed by atoms with Crippen molar-refractivity contribution in [3.05, 3.63) is 16.7 Å². The van der Waals surface area contributed by atoms with Crippen molar-refractivity contribution in [1.29, 1.82) is 0 Å². The maximum atomic E-state index is 12.0. The highest BCUT2D eigenvalue weighted by atomic mass is 79.9. The highest BCUT2D eigenvalue weighted by Crippen LogP contribution is 2.34. The molecule has 2 heterocycles. The number of aliphatic hydroxyl groups excluding tert-OH is 1. The Morgan fingerprint density at radius 3 is 2.88 bits per heavy atom. The van der Waals surface area contributed by atoms with Gasteiger partial charge in [-0.2, -0.15) is 0 Å². The van der Waals surface area contributed by atoms with E-state index in [2.05, 4.69) is 20.9 Å². The average molecular weight is 300 g/mol. The lowest BCUT2D eigenvalue weighted by atomic mass is 10.1. The number of aromatic nitrogens is 1. The summed E-state index contributed by atoms with van der Waals surface area (Å²) in [5, 5.41) is 9.08. The number of amides is 1. The highest BCUT2D eigenvalue weighted by molar-refractivity contribution is 9.10. The van der Waals surface area contributed by atoms with E-state index in [-0.39, 0.29) is 18.6 Å². The maximum Gasteiger partial charge on any atom is 0.249 e. The fraction of sp³-hybridized carbons (Fsp3) is 0.455. The summed E-state index contributed by atoms with van der Waals surface area (Å²) in [4.78, 5) is 19.8. The Balaban J connectivity index is 2.52. The van der Waals surface area contributed by atoms with Crippen LogP contribution in [0.1, 0.15) is 6.92 Å². The van der Waals surface area contributed by atoms with Gasteiger partial charge in [0.05, 0.1) is 12.3 Å². The third-order valence-corrected chi connectivity index (χ3v) is 3.39. The molecule has 92 valence electrons. The molecule has 1 atom stereocenters. The molecule has 1 aliphatic heterocycles. The summed E-state index contributed by atoms with van der Waals surface area (Å²) in [5.74, 6) is 0.734. The van der Waals surface area contributed by atoms with Crippen LogP contribution in [0.25, 0.3) is 0 Å². The summed E-state index contributed by atoms with van der Waals surface area (Å²) in [6.07, 6.45) is 0. The molecule has 0 aliphatic carbocycles. The van der Waals surface area contributed by atoms with Gasteiger partial charge >= 0.3 is 0 Å². The van der Waals surface area contributed by atoms with Crippen LogP contribution in [-0.2, 0) is 4.79 Å². The first-order valence-electron chi connectivity index (χ1n) is 5.38. The molecule has 0 radical (unpaired) electrons. The molecule has 1 amide bonds. The summed E-state index contributed by atoms with van der Waals surface area (Å²) in [5.41, 5.74) is 0.768. The molecule has 5 nitrogen and oxygen atoms in total. The van der Waals surface area contributed by atoms with Crippen molar-refractivity contribution < 1.29 is 9.90 Å². The van der Waals surface area contributed by atoms with E-state index in [4.69, 9.17) is 5.11 Å². The van der Waals surface area contributed by atoms with Crippen LogP contribution in [0.4, 0.5) is 11.5 Å². The normalized spacial score (nSPS) is 19.5. The van der Waals surface area contributed by atoms with Gasteiger partial charge in [-0.3, -0.25) is 4.79 Å². The van der Waals surface area contributed by atoms with Crippen molar-refractivity contribution in [1.82, 2.24) is 4.98 Å². The smallest absolute Gasteiger partial charge is 0.249 e. The molecule has 0 fully saturated rings. The average Bonchev–Trinajstić information content (AvgIpc) is 2.32. The number of nitrogens with zero attached hydrogens (tertiary/aromatic N) is 3. The third kappa shape index (κ3) is 2.02. The number of likely N-dealkylation sites (N-methyl/N-ethyl adjacent to an activating group) is 1. The topological polar surface area (TPSA) is 56.7 Å². The lowest BCUT2D eigenvalue weighted by Gasteiger charge is -2.38. The Bertz CT molecular complexity index is 452. The molecule has 1 N–H and O–H groups in total. The molecule has 1 aromatic rings. The molecule has 0 bridgehead atoms. The second kappa shape index (κ2) is 4.62. The maximum absolute atomic E-state index is 12.0. The van der Waals surface area contributed by atoms with Gasteiger partial charge in [0.1, 0.15) is 10.6 Å². The first kappa shape index (κ1) is 12.3. The van der Waals surface area contributed by atoms with Crippen molar-refractivity contribution in [2.24, 2.45) is 0 Å². The molecular formula is C11H14BrN3O2. The van der Waals surface area contributed by atoms with Gasteiger partial charge in [-0.05, 0) is 35.0 Å². The molecule has 17 heavy (non-hydrogen) atoms. The molecule has 0 saturated heterocycles. The number of pyridine rings is 1. The quantitative estimate of drug-likeness (QED) is 0.828. The first-order valence-corrected chi connectivity index (χ1v) is 6.17. The van der Waals surface area contributed by atoms with Crippen LogP contribution in [0.3, 0.4) is 0 Å². The van der Waals surface area contributed by atoms with Crippen LogP contribution < -0.4 is 9.80 Å². The lowest BCUT2D eigenvalue weighted by Crippen LogP contribution is -2.52. The molecule has 2 rings (SSSR count). The summed E-state index contributed by atoms with van der Waals surface area (Å²) in [6.45, 7) is 2.21. The molecule has 0 spiro atoms. The van der Waals surface area contributed by atoms with E-state index in [0.29, 0.717) is 11.1 Å². The molecule has 1 unspecified atom stereocenters. The fourth-order valence-electron chi connectivity index (χ4n) is 2.01. The number of rotatable bonds is 2. The van der Waals surface area contributed by atoms with Gasteiger partial charge < -0.3 is 14.9 Å². The number of carbonyl (C=O) groups is 1. The fourth-order valence-corrected chi connectivity index (χ4v) is 2.31. The molecule has 0 saturated carbocycles. The number of carbonyl (C=O) groups excluding carboxylic acids is 1. The van der Waals surface area contributed by atoms with Crippen molar-refractivity contribution >= 4 is 33.3 Å². The Labute approximate surface area is 108 Å². The summed E-state index contributed by atoms with van der Waals surface area (Å²) in [7, 11) is 1.74. The highest BCUT2D eigenvalue weighted by Gasteiger charge is 2.34. The molecule has 6 heteroatoms. The van der Waals surface area contributed by atoms with Crippen LogP contribution >= 0.6 is 15.9 Å². The number of aliphatic hydroxyl groups is 1. The number of fused-ring (bicyclic) bond motifs is 1. The summed E-state index contributed by atoms with van der Waals surface area (Å²) in [6, 6.07) is 3.34. The second-order valence-corrected chi connectivity index (χ2v) is 4.78. The van der Waals surface area contributed by atoms with Gasteiger partial charge in [0.25, 0.3) is 0 Å². The predicted octanol–water partition coefficient (Wildman–Crippen LogP) is 1.01. The number of hydrogen-bond donors (Lipinski definition) is 1. The van der Waals surface area contributed by atoms with E-state index in [1.165, 1.54) is 0 Å². The van der Waals surface area contributed by atoms with E-state index in [0.717, 1.165) is 11.5 Å². The molecular weight excluding hydrogens is 286 g/mol. The van der Waals surface area contributed by atoms with E-state index >= 15 is 0 Å². The monoisotopic (exact) mass is 299 g/mol. The minimum atomic E-state index is -0.304. The van der Waals surface area contributed by atoms with Gasteiger partial charge in [0.15, 0.2) is 5.82 Å². The Morgan fingerprint density at radius 2 is 2.24 bits per heavy atom. The molecule has 1 aliphatic rings. The number of halogens is 1. The van der Waals surface area contributed by atoms with Crippen LogP contribution in [0, 0.1) is 0 Å². The third-order valence-electron chi connectivity index (χ3n) is 2.95. The Kier molecular flexibility index (Phi) is 3.35. The van der Waals surface area contributed by atoms with E-state index in [9.17, 15) is 4.79 Å². The van der Waals surface area contributed by atoms with Crippen LogP contribution in [0.2, 0.25) is 0 Å². The SMILES string of the molecule is CC1C(=O)N(C)c2ccc(Br)nc2N1CCO. The van der Waals surface area contributed by atoms with Gasteiger partial charge in [-0.15, -0.1) is 0 Å². The standard InChI is InChI=1S/C11H14BrN3O2/c1-7-11(17)14(2)8-3-4-9(12)13-10(8)15(7)5-6-16/h3-4,7,16H,5-6H2,1-2H3. The molecule has 0 aromatic carbocycles. The van der Waals surface area contributed by atoms with E-state index in [1.54, 1.807) is 18.0 Å². The zero-order valence-corrected chi connectivity index (χ0v) is 11.3. The van der Waals surface area contributed by atoms with E-state index in [1.807, 2.05) is 17.9 Å². The lowest BCUT2D eigenvalue weighted by molar-refractivity contribution is -0.119. The van der Waals surface area contributed by atoms with Crippen molar-refractivity contribution in [2.75, 3.05) is 30.0 Å². The number of β-amino-alcohol motifs (C(OH)–C–C–N with tert-alkyl or cyclic N) is 1. The van der Waals surface area contributed by atoms with Gasteiger partial charge in [-0.1, -0.05) is 0 Å². The zero-order chi connectivity index (χ0) is 12.6. The minimum Gasteiger partial charge on any atom is -0.395 e. The first-order chi connectivity index (χ1) is 8.06. The second-order valence-electron chi connectivity index (χ2n) is 3.97. The Morgan fingerprint density at radius 1 is 1.53 bits per heavy atom. The number of anilines is 2. The zero-order valence-electron chi connectivity index (χ0n) is 9.72. The van der Waals surface area contributed by atoms with E-state index < -0.39 is 0 Å². The van der Waals surface area contributed by atoms with Crippen LogP contribution in [0.5, 0.6) is 0 Å². The largest absolute Gasteiger partial charge is 0.395 e. The number of hydrogen-bond acceptors (Lipinski definition) is 4. The van der Waals surface area contributed by atoms with Gasteiger partial charge in [0, 0.05) is 13.6 Å². The predicted molar refractivity (Wildman–Crippen MR) is 69.2 cm³/mol. The van der Waals surface area contributed by atoms with Crippen molar-refractivity contribution in [2.45, 2.75) is 13.0 Å². The summed E-state index contributed by atoms with van der Waals surface area (Å²) >= 11 is 3.32. The van der Waals surface area contributed by atoms with Crippen molar-refractivity contribution in [3.8, 4) is 0 Å². The molecule has 1 aromatic heterocycles. The van der Waals surface area contributed by atoms with Crippen LogP contribution in [0.15, 0.2) is 16.7 Å². The van der Waals surface area contributed by atoms with Gasteiger partial charge in [0.2, 0.25) is 5.91 Å². The Hall–Kier alpha value is -1.14. The van der Waals surface area contributed by atoms with Gasteiger partial charge in [-0.25, -0.2) is 4.98 Å².